The molecule has 1 aliphatic heterocycles. The summed E-state index contributed by atoms with van der Waals surface area (Å²) in [5, 5.41) is 50.3. The summed E-state index contributed by atoms with van der Waals surface area (Å²) in [5.74, 6) is -0.139. The number of phenols is 1. The summed E-state index contributed by atoms with van der Waals surface area (Å²) in [6, 6.07) is 12.0. The Bertz CT molecular complexity index is 1830. The van der Waals surface area contributed by atoms with E-state index in [1.54, 1.807) is 24.3 Å². The minimum Gasteiger partial charge on any atom is -0.691 e. The van der Waals surface area contributed by atoms with Crippen molar-refractivity contribution >= 4 is 85.5 Å². The number of rotatable bonds is 15. The van der Waals surface area contributed by atoms with Crippen molar-refractivity contribution in [2.45, 2.75) is 17.2 Å². The molecule has 0 spiro atoms. The van der Waals surface area contributed by atoms with Gasteiger partial charge in [-0.05, 0) is 59.5 Å². The minimum absolute atomic E-state index is 0. The average molecular weight is 790 g/mol. The van der Waals surface area contributed by atoms with Crippen molar-refractivity contribution in [3.63, 3.8) is 0 Å². The van der Waals surface area contributed by atoms with E-state index in [1.165, 1.54) is 24.3 Å². The molecule has 258 valence electrons. The number of anilines is 3. The summed E-state index contributed by atoms with van der Waals surface area (Å²) >= 11 is 6.88. The molecule has 18 nitrogen and oxygen atoms in total. The number of phenolic OH excluding ortho intramolecular Hbond substituents is 1. The van der Waals surface area contributed by atoms with Crippen molar-refractivity contribution < 1.29 is 111 Å². The Balaban J connectivity index is 0.00000289. The van der Waals surface area contributed by atoms with Crippen LogP contribution in [0.2, 0.25) is 5.28 Å². The van der Waals surface area contributed by atoms with Gasteiger partial charge in [-0.15, -0.1) is 9.45 Å². The molecular weight excluding hydrogens is 764 g/mol. The zero-order chi connectivity index (χ0) is 33.2. The fraction of sp³-hybridized carbons (Fsp3) is 0.269. The third-order valence-corrected chi connectivity index (χ3v) is 9.20. The molecule has 5 rings (SSSR count). The number of aromatic nitrogens is 3. The summed E-state index contributed by atoms with van der Waals surface area (Å²) in [7, 11) is -3.74. The van der Waals surface area contributed by atoms with Crippen LogP contribution in [0.5, 0.6) is 5.75 Å². The third kappa shape index (κ3) is 12.3. The van der Waals surface area contributed by atoms with Crippen LogP contribution < -0.4 is 79.8 Å². The normalized spacial score (nSPS) is 13.1. The first-order valence-electron chi connectivity index (χ1n) is 13.2. The molecule has 50 heavy (non-hydrogen) atoms. The maximum absolute atomic E-state index is 12.5. The van der Waals surface area contributed by atoms with Crippen molar-refractivity contribution in [1.29, 1.82) is 0 Å². The van der Waals surface area contributed by atoms with Crippen LogP contribution in [0.4, 0.5) is 29.0 Å². The van der Waals surface area contributed by atoms with Gasteiger partial charge in [0.25, 0.3) is 0 Å². The van der Waals surface area contributed by atoms with Crippen LogP contribution in [0.1, 0.15) is 7.43 Å². The Labute approximate surface area is 344 Å². The van der Waals surface area contributed by atoms with E-state index in [-0.39, 0.29) is 124 Å². The number of azo groups is 1. The Kier molecular flexibility index (Phi) is 19.6. The van der Waals surface area contributed by atoms with E-state index in [1.807, 2.05) is 4.90 Å². The Morgan fingerprint density at radius 3 is 2.42 bits per heavy atom. The molecule has 0 saturated carbocycles. The number of morpholine rings is 1. The fourth-order valence-electron chi connectivity index (χ4n) is 4.21. The van der Waals surface area contributed by atoms with Crippen molar-refractivity contribution in [1.82, 2.24) is 15.0 Å². The van der Waals surface area contributed by atoms with Crippen LogP contribution in [0, 0.1) is 0 Å². The predicted octanol–water partition coefficient (Wildman–Crippen LogP) is -2.17. The second-order valence-corrected chi connectivity index (χ2v) is 12.9. The van der Waals surface area contributed by atoms with Crippen molar-refractivity contribution in [3.05, 3.63) is 53.8 Å². The van der Waals surface area contributed by atoms with Crippen LogP contribution in [-0.2, 0) is 37.5 Å². The van der Waals surface area contributed by atoms with Gasteiger partial charge in [-0.2, -0.15) is 24.4 Å². The second-order valence-electron chi connectivity index (χ2n) is 9.22. The summed E-state index contributed by atoms with van der Waals surface area (Å²) in [5.41, 5.74) is 0.675. The van der Waals surface area contributed by atoms with Gasteiger partial charge in [-0.3, -0.25) is 14.3 Å². The van der Waals surface area contributed by atoms with E-state index in [2.05, 4.69) is 49.2 Å². The molecule has 1 aromatic heterocycles. The summed E-state index contributed by atoms with van der Waals surface area (Å²) in [6.45, 7) is 1.98. The van der Waals surface area contributed by atoms with Gasteiger partial charge in [-0.25, -0.2) is 8.42 Å². The maximum atomic E-state index is 12.5. The molecule has 0 bridgehead atoms. The number of halogens is 1. The van der Waals surface area contributed by atoms with Gasteiger partial charge in [-0.1, -0.05) is 13.5 Å². The van der Waals surface area contributed by atoms with Crippen molar-refractivity contribution in [2.24, 2.45) is 10.2 Å². The van der Waals surface area contributed by atoms with Crippen LogP contribution in [0.3, 0.4) is 0 Å². The summed E-state index contributed by atoms with van der Waals surface area (Å²) in [4.78, 5) is 14.9. The fourth-order valence-corrected chi connectivity index (χ4v) is 6.27. The molecular formula is C26H26ClN7Na2O11S3. The van der Waals surface area contributed by atoms with Gasteiger partial charge in [0.15, 0.2) is 27.9 Å². The van der Waals surface area contributed by atoms with Gasteiger partial charge >= 0.3 is 59.1 Å². The SMILES string of the molecule is C.O=S(=O)(CCOSOO[O-])c1ccc(N=Nc2c(SOO[O-])cc3ccc(Nc4nc(Cl)nc(N5CCOCC5)n4)cc3c2O)cc1.[Na+].[Na+]. The van der Waals surface area contributed by atoms with Gasteiger partial charge in [0, 0.05) is 24.2 Å². The van der Waals surface area contributed by atoms with E-state index >= 15 is 0 Å². The van der Waals surface area contributed by atoms with Gasteiger partial charge in [0.05, 0.1) is 53.1 Å². The molecule has 4 aromatic rings. The first-order chi connectivity index (χ1) is 22.8. The monoisotopic (exact) mass is 789 g/mol. The van der Waals surface area contributed by atoms with E-state index in [0.29, 0.717) is 60.8 Å². The number of nitrogens with zero attached hydrogens (tertiary/aromatic N) is 6. The van der Waals surface area contributed by atoms with Crippen LogP contribution >= 0.6 is 36.0 Å². The van der Waals surface area contributed by atoms with Crippen molar-refractivity contribution in [3.8, 4) is 5.75 Å². The van der Waals surface area contributed by atoms with E-state index < -0.39 is 15.6 Å². The molecule has 2 heterocycles. The molecule has 0 unspecified atom stereocenters. The molecule has 0 amide bonds. The molecule has 1 saturated heterocycles. The molecule has 24 heteroatoms. The van der Waals surface area contributed by atoms with E-state index in [0.717, 1.165) is 0 Å². The Morgan fingerprint density at radius 2 is 1.72 bits per heavy atom. The average Bonchev–Trinajstić information content (AvgIpc) is 3.07. The molecule has 0 radical (unpaired) electrons. The molecule has 1 aliphatic rings. The van der Waals surface area contributed by atoms with Crippen LogP contribution in [0.15, 0.2) is 68.6 Å². The third-order valence-electron chi connectivity index (χ3n) is 6.35. The zero-order valence-corrected chi connectivity index (χ0v) is 32.9. The number of fused-ring (bicyclic) bond motifs is 1. The van der Waals surface area contributed by atoms with E-state index in [9.17, 15) is 24.0 Å². The Hall–Kier alpha value is -1.45. The first kappa shape index (κ1) is 44.7. The molecule has 2 N–H and O–H groups in total. The number of hydrogen-bond donors (Lipinski definition) is 2. The number of sulfone groups is 1. The predicted molar refractivity (Wildman–Crippen MR) is 170 cm³/mol. The number of benzene rings is 3. The van der Waals surface area contributed by atoms with Crippen LogP contribution in [-0.4, -0.2) is 67.1 Å². The topological polar surface area (TPSA) is 235 Å². The molecule has 0 aliphatic carbocycles. The Morgan fingerprint density at radius 1 is 1.00 bits per heavy atom. The second kappa shape index (κ2) is 21.9. The zero-order valence-electron chi connectivity index (χ0n) is 25.7. The van der Waals surface area contributed by atoms with Gasteiger partial charge in [0.1, 0.15) is 5.69 Å². The maximum Gasteiger partial charge on any atom is 1.00 e. The summed E-state index contributed by atoms with van der Waals surface area (Å²) in [6.07, 6.45) is 0. The smallest absolute Gasteiger partial charge is 0.691 e. The quantitative estimate of drug-likeness (QED) is 0.0326. The summed E-state index contributed by atoms with van der Waals surface area (Å²) < 4.78 is 43.6. The van der Waals surface area contributed by atoms with Gasteiger partial charge in [0.2, 0.25) is 17.2 Å². The standard InChI is InChI=1S/C25H24ClN7O11S3.CH4.2Na/c26-23-28-24(30-25(29-23)33-7-9-39-10-8-33)27-17-2-1-15-13-20(45-43-41-35)21(22(34)19(15)14-17)32-31-16-3-5-18(6-4-16)47(37,38)12-11-40-46-44-42-36;;;/h1-6,13-14,34-36H,7-12H2,(H,27,28,29,30);1H4;;/q;;2*+1/p-2. The molecule has 0 atom stereocenters. The number of nitrogens with one attached hydrogen (secondary N) is 1. The molecule has 1 fully saturated rings. The number of hydrogen-bond acceptors (Lipinski definition) is 20. The molecule has 3 aromatic carbocycles. The van der Waals surface area contributed by atoms with Crippen LogP contribution in [0.25, 0.3) is 10.8 Å². The van der Waals surface area contributed by atoms with E-state index in [4.69, 9.17) is 20.5 Å². The number of ether oxygens (including phenoxy) is 1. The minimum atomic E-state index is -3.74. The van der Waals surface area contributed by atoms with Crippen molar-refractivity contribution in [2.75, 3.05) is 48.9 Å². The first-order valence-corrected chi connectivity index (χ1v) is 16.6. The number of aromatic hydroxyl groups is 1. The van der Waals surface area contributed by atoms with Gasteiger partial charge < -0.3 is 30.6 Å². The largest absolute Gasteiger partial charge is 1.00 e.